The van der Waals surface area contributed by atoms with E-state index in [1.165, 1.54) is 40.3 Å². The van der Waals surface area contributed by atoms with Gasteiger partial charge in [-0.1, -0.05) is 11.6 Å². The van der Waals surface area contributed by atoms with Gasteiger partial charge in [-0.15, -0.1) is 11.3 Å². The van der Waals surface area contributed by atoms with Crippen molar-refractivity contribution in [2.45, 2.75) is 0 Å². The van der Waals surface area contributed by atoms with Crippen LogP contribution < -0.4 is 10.9 Å². The second-order valence-electron chi connectivity index (χ2n) is 4.99. The minimum absolute atomic E-state index is 0.00576. The number of thiazole rings is 1. The Balaban J connectivity index is 1.80. The van der Waals surface area contributed by atoms with Crippen LogP contribution >= 0.6 is 22.9 Å². The van der Waals surface area contributed by atoms with Crippen LogP contribution in [0.5, 0.6) is 0 Å². The van der Waals surface area contributed by atoms with Gasteiger partial charge in [-0.3, -0.25) is 14.9 Å². The molecule has 0 unspecified atom stereocenters. The van der Waals surface area contributed by atoms with Gasteiger partial charge in [-0.25, -0.2) is 9.37 Å². The molecule has 1 aromatic carbocycles. The first-order valence-corrected chi connectivity index (χ1v) is 8.09. The Morgan fingerprint density at radius 2 is 2.12 bits per heavy atom. The number of hydrogen-bond donors (Lipinski definition) is 1. The van der Waals surface area contributed by atoms with Crippen LogP contribution in [0.1, 0.15) is 10.4 Å². The fraction of sp³-hybridized carbons (Fsp3) is 0.0625. The van der Waals surface area contributed by atoms with Gasteiger partial charge >= 0.3 is 0 Å². The first-order valence-electron chi connectivity index (χ1n) is 6.83. The monoisotopic (exact) mass is 363 g/mol. The molecule has 0 bridgehead atoms. The molecule has 0 saturated heterocycles. The van der Waals surface area contributed by atoms with Crippen molar-refractivity contribution in [3.05, 3.63) is 68.7 Å². The van der Waals surface area contributed by atoms with Crippen LogP contribution in [0.3, 0.4) is 0 Å². The Morgan fingerprint density at radius 1 is 1.33 bits per heavy atom. The highest BCUT2D eigenvalue weighted by atomic mass is 35.5. The smallest absolute Gasteiger partial charge is 0.257 e. The highest BCUT2D eigenvalue weighted by Gasteiger charge is 2.12. The summed E-state index contributed by atoms with van der Waals surface area (Å²) in [7, 11) is 1.60. The van der Waals surface area contributed by atoms with Gasteiger partial charge in [0.05, 0.1) is 10.7 Å². The van der Waals surface area contributed by atoms with Crippen LogP contribution in [0.2, 0.25) is 5.02 Å². The number of amides is 1. The fourth-order valence-electron chi connectivity index (χ4n) is 1.98. The summed E-state index contributed by atoms with van der Waals surface area (Å²) in [5, 5.41) is 4.74. The van der Waals surface area contributed by atoms with Crippen LogP contribution in [-0.2, 0) is 7.05 Å². The lowest BCUT2D eigenvalue weighted by molar-refractivity contribution is 0.102. The van der Waals surface area contributed by atoms with Gasteiger partial charge in [0.15, 0.2) is 5.13 Å². The first kappa shape index (κ1) is 16.4. The number of benzene rings is 1. The molecular formula is C16H11ClFN3O2S. The zero-order valence-electron chi connectivity index (χ0n) is 12.4. The third-order valence-electron chi connectivity index (χ3n) is 3.31. The molecule has 122 valence electrons. The number of rotatable bonds is 3. The summed E-state index contributed by atoms with van der Waals surface area (Å²) in [4.78, 5) is 28.0. The molecule has 2 heterocycles. The standard InChI is InChI=1S/C16H11ClFN3O2S/c1-21-5-4-10(7-14(21)22)15(23)20-16-19-13(8-24-16)9-2-3-12(18)11(17)6-9/h2-8H,1H3,(H,19,20,23). The minimum Gasteiger partial charge on any atom is -0.319 e. The van der Waals surface area contributed by atoms with Crippen LogP contribution in [0, 0.1) is 5.82 Å². The molecule has 0 aliphatic heterocycles. The second kappa shape index (κ2) is 6.54. The number of nitrogens with zero attached hydrogens (tertiary/aromatic N) is 2. The summed E-state index contributed by atoms with van der Waals surface area (Å²) >= 11 is 6.98. The zero-order chi connectivity index (χ0) is 17.3. The van der Waals surface area contributed by atoms with Crippen molar-refractivity contribution in [1.82, 2.24) is 9.55 Å². The minimum atomic E-state index is -0.505. The van der Waals surface area contributed by atoms with E-state index in [2.05, 4.69) is 10.3 Å². The Bertz CT molecular complexity index is 983. The highest BCUT2D eigenvalue weighted by Crippen LogP contribution is 2.28. The molecule has 1 amide bonds. The number of anilines is 1. The molecule has 5 nitrogen and oxygen atoms in total. The van der Waals surface area contributed by atoms with Gasteiger partial charge in [-0.2, -0.15) is 0 Å². The average Bonchev–Trinajstić information content (AvgIpc) is 3.01. The molecular weight excluding hydrogens is 353 g/mol. The number of carbonyl (C=O) groups excluding carboxylic acids is 1. The second-order valence-corrected chi connectivity index (χ2v) is 6.25. The molecule has 3 aromatic rings. The van der Waals surface area contributed by atoms with Gasteiger partial charge in [0.25, 0.3) is 11.5 Å². The fourth-order valence-corrected chi connectivity index (χ4v) is 2.87. The summed E-state index contributed by atoms with van der Waals surface area (Å²) < 4.78 is 14.6. The summed E-state index contributed by atoms with van der Waals surface area (Å²) in [6.45, 7) is 0. The lowest BCUT2D eigenvalue weighted by Gasteiger charge is -2.02. The molecule has 0 spiro atoms. The number of nitrogens with one attached hydrogen (secondary N) is 1. The lowest BCUT2D eigenvalue weighted by atomic mass is 10.2. The van der Waals surface area contributed by atoms with E-state index in [0.29, 0.717) is 16.4 Å². The average molecular weight is 364 g/mol. The topological polar surface area (TPSA) is 64.0 Å². The molecule has 0 fully saturated rings. The number of pyridine rings is 1. The van der Waals surface area contributed by atoms with Crippen molar-refractivity contribution >= 4 is 34.0 Å². The maximum absolute atomic E-state index is 13.2. The van der Waals surface area contributed by atoms with Crippen molar-refractivity contribution in [3.63, 3.8) is 0 Å². The lowest BCUT2D eigenvalue weighted by Crippen LogP contribution is -2.19. The van der Waals surface area contributed by atoms with E-state index in [4.69, 9.17) is 11.6 Å². The van der Waals surface area contributed by atoms with Crippen LogP contribution in [-0.4, -0.2) is 15.5 Å². The first-order chi connectivity index (χ1) is 11.4. The maximum Gasteiger partial charge on any atom is 0.257 e. The van der Waals surface area contributed by atoms with Crippen molar-refractivity contribution in [2.75, 3.05) is 5.32 Å². The Hall–Kier alpha value is -2.51. The van der Waals surface area contributed by atoms with E-state index in [0.717, 1.165) is 0 Å². The summed E-state index contributed by atoms with van der Waals surface area (Å²) in [5.74, 6) is -0.930. The molecule has 0 atom stereocenters. The molecule has 0 aliphatic carbocycles. The van der Waals surface area contributed by atoms with Crippen molar-refractivity contribution in [3.8, 4) is 11.3 Å². The number of aryl methyl sites for hydroxylation is 1. The SMILES string of the molecule is Cn1ccc(C(=O)Nc2nc(-c3ccc(F)c(Cl)c3)cs2)cc1=O. The Kier molecular flexibility index (Phi) is 4.46. The molecule has 0 radical (unpaired) electrons. The molecule has 1 N–H and O–H groups in total. The van der Waals surface area contributed by atoms with E-state index in [-0.39, 0.29) is 16.1 Å². The van der Waals surface area contributed by atoms with Gasteiger partial charge in [0, 0.05) is 35.8 Å². The van der Waals surface area contributed by atoms with E-state index >= 15 is 0 Å². The predicted molar refractivity (Wildman–Crippen MR) is 92.2 cm³/mol. The van der Waals surface area contributed by atoms with Gasteiger partial charge in [-0.05, 0) is 24.3 Å². The van der Waals surface area contributed by atoms with Crippen molar-refractivity contribution in [1.29, 1.82) is 0 Å². The zero-order valence-corrected chi connectivity index (χ0v) is 14.0. The van der Waals surface area contributed by atoms with Gasteiger partial charge in [0.2, 0.25) is 0 Å². The molecule has 2 aromatic heterocycles. The summed E-state index contributed by atoms with van der Waals surface area (Å²) in [6, 6.07) is 7.09. The number of halogens is 2. The highest BCUT2D eigenvalue weighted by molar-refractivity contribution is 7.14. The maximum atomic E-state index is 13.2. The summed E-state index contributed by atoms with van der Waals surface area (Å²) in [6.07, 6.45) is 1.52. The summed E-state index contributed by atoms with van der Waals surface area (Å²) in [5.41, 5.74) is 1.19. The van der Waals surface area contributed by atoms with Crippen LogP contribution in [0.15, 0.2) is 46.7 Å². The Labute approximate surface area is 145 Å². The number of aromatic nitrogens is 2. The number of carbonyl (C=O) groups is 1. The quantitative estimate of drug-likeness (QED) is 0.774. The van der Waals surface area contributed by atoms with Gasteiger partial charge in [0.1, 0.15) is 5.82 Å². The molecule has 0 aliphatic rings. The molecule has 8 heteroatoms. The van der Waals surface area contributed by atoms with Crippen molar-refractivity contribution in [2.24, 2.45) is 7.05 Å². The van der Waals surface area contributed by atoms with Crippen LogP contribution in [0.4, 0.5) is 9.52 Å². The molecule has 24 heavy (non-hydrogen) atoms. The van der Waals surface area contributed by atoms with Gasteiger partial charge < -0.3 is 4.57 Å². The molecule has 3 rings (SSSR count). The largest absolute Gasteiger partial charge is 0.319 e. The predicted octanol–water partition coefficient (Wildman–Crippen LogP) is 3.55. The van der Waals surface area contributed by atoms with E-state index in [1.54, 1.807) is 24.6 Å². The Morgan fingerprint density at radius 3 is 2.83 bits per heavy atom. The van der Waals surface area contributed by atoms with Crippen molar-refractivity contribution < 1.29 is 9.18 Å². The molecule has 0 saturated carbocycles. The third kappa shape index (κ3) is 3.37. The van der Waals surface area contributed by atoms with Crippen LogP contribution in [0.25, 0.3) is 11.3 Å². The van der Waals surface area contributed by atoms with E-state index < -0.39 is 11.7 Å². The number of hydrogen-bond acceptors (Lipinski definition) is 4. The normalized spacial score (nSPS) is 10.6. The third-order valence-corrected chi connectivity index (χ3v) is 4.35. The van der Waals surface area contributed by atoms with E-state index in [9.17, 15) is 14.0 Å². The van der Waals surface area contributed by atoms with E-state index in [1.807, 2.05) is 0 Å².